The monoisotopic (exact) mass is 269 g/mol. The summed E-state index contributed by atoms with van der Waals surface area (Å²) in [6, 6.07) is 11.0. The molecule has 0 saturated carbocycles. The second-order valence-electron chi connectivity index (χ2n) is 5.03. The quantitative estimate of drug-likeness (QED) is 0.832. The van der Waals surface area contributed by atoms with Crippen LogP contribution >= 0.6 is 0 Å². The Labute approximate surface area is 121 Å². The van der Waals surface area contributed by atoms with E-state index in [0.717, 1.165) is 24.9 Å². The van der Waals surface area contributed by atoms with Crippen molar-refractivity contribution in [1.82, 2.24) is 15.3 Å². The summed E-state index contributed by atoms with van der Waals surface area (Å²) in [6.45, 7) is 5.43. The minimum absolute atomic E-state index is 0.267. The molecule has 1 aromatic carbocycles. The minimum Gasteiger partial charge on any atom is -0.309 e. The normalized spacial score (nSPS) is 13.9. The van der Waals surface area contributed by atoms with Crippen LogP contribution in [-0.2, 0) is 0 Å². The fourth-order valence-electron chi connectivity index (χ4n) is 2.63. The minimum atomic E-state index is 0.267. The Bertz CT molecular complexity index is 484. The first-order valence-corrected chi connectivity index (χ1v) is 7.40. The van der Waals surface area contributed by atoms with Crippen LogP contribution in [0.2, 0.25) is 0 Å². The lowest BCUT2D eigenvalue weighted by Gasteiger charge is -2.27. The predicted octanol–water partition coefficient (Wildman–Crippen LogP) is 3.71. The maximum Gasteiger partial charge on any atom is 0.115 e. The third-order valence-corrected chi connectivity index (χ3v) is 3.62. The van der Waals surface area contributed by atoms with Gasteiger partial charge in [0.2, 0.25) is 0 Å². The smallest absolute Gasteiger partial charge is 0.115 e. The zero-order valence-electron chi connectivity index (χ0n) is 12.3. The second kappa shape index (κ2) is 7.75. The lowest BCUT2D eigenvalue weighted by atomic mass is 9.86. The average molecular weight is 269 g/mol. The molecule has 2 rings (SSSR count). The van der Waals surface area contributed by atoms with E-state index in [9.17, 15) is 0 Å². The van der Waals surface area contributed by atoms with Crippen molar-refractivity contribution in [2.45, 2.75) is 38.6 Å². The van der Waals surface area contributed by atoms with Gasteiger partial charge < -0.3 is 5.32 Å². The van der Waals surface area contributed by atoms with Crippen molar-refractivity contribution in [1.29, 1.82) is 0 Å². The molecule has 2 unspecified atom stereocenters. The van der Waals surface area contributed by atoms with Crippen molar-refractivity contribution in [2.24, 2.45) is 0 Å². The van der Waals surface area contributed by atoms with Crippen LogP contribution in [0.1, 0.15) is 49.8 Å². The van der Waals surface area contributed by atoms with Gasteiger partial charge in [0, 0.05) is 29.9 Å². The summed E-state index contributed by atoms with van der Waals surface area (Å²) in [4.78, 5) is 8.35. The number of benzene rings is 1. The third-order valence-electron chi connectivity index (χ3n) is 3.62. The number of aromatic nitrogens is 2. The van der Waals surface area contributed by atoms with Crippen molar-refractivity contribution in [3.05, 3.63) is 60.2 Å². The molecule has 0 amide bonds. The summed E-state index contributed by atoms with van der Waals surface area (Å²) in [7, 11) is 0. The molecule has 3 heteroatoms. The molecule has 20 heavy (non-hydrogen) atoms. The van der Waals surface area contributed by atoms with Gasteiger partial charge in [0.1, 0.15) is 6.33 Å². The summed E-state index contributed by atoms with van der Waals surface area (Å²) < 4.78 is 0. The molecule has 106 valence electrons. The SMILES string of the molecule is CCCNC(c1cncnc1)C(CC)c1ccccc1. The number of rotatable bonds is 7. The topological polar surface area (TPSA) is 37.8 Å². The van der Waals surface area contributed by atoms with Gasteiger partial charge in [0.15, 0.2) is 0 Å². The van der Waals surface area contributed by atoms with Crippen LogP contribution in [0.25, 0.3) is 0 Å². The molecule has 1 heterocycles. The molecule has 0 spiro atoms. The molecule has 0 fully saturated rings. The Kier molecular flexibility index (Phi) is 5.69. The first-order valence-electron chi connectivity index (χ1n) is 7.40. The Morgan fingerprint density at radius 2 is 1.70 bits per heavy atom. The lowest BCUT2D eigenvalue weighted by Crippen LogP contribution is -2.28. The van der Waals surface area contributed by atoms with Crippen LogP contribution in [0.5, 0.6) is 0 Å². The van der Waals surface area contributed by atoms with Gasteiger partial charge in [0.25, 0.3) is 0 Å². The van der Waals surface area contributed by atoms with E-state index in [4.69, 9.17) is 0 Å². The van der Waals surface area contributed by atoms with Crippen LogP contribution in [0.15, 0.2) is 49.1 Å². The number of hydrogen-bond donors (Lipinski definition) is 1. The molecule has 2 aromatic rings. The largest absolute Gasteiger partial charge is 0.309 e. The zero-order chi connectivity index (χ0) is 14.2. The van der Waals surface area contributed by atoms with E-state index < -0.39 is 0 Å². The van der Waals surface area contributed by atoms with Gasteiger partial charge in [0.05, 0.1) is 0 Å². The molecular weight excluding hydrogens is 246 g/mol. The molecule has 0 aliphatic carbocycles. The zero-order valence-corrected chi connectivity index (χ0v) is 12.3. The van der Waals surface area contributed by atoms with Gasteiger partial charge >= 0.3 is 0 Å². The predicted molar refractivity (Wildman–Crippen MR) is 82.5 cm³/mol. The molecule has 0 aliphatic heterocycles. The molecule has 0 saturated heterocycles. The highest BCUT2D eigenvalue weighted by Gasteiger charge is 2.23. The Hall–Kier alpha value is -1.74. The van der Waals surface area contributed by atoms with Crippen LogP contribution in [-0.4, -0.2) is 16.5 Å². The second-order valence-corrected chi connectivity index (χ2v) is 5.03. The van der Waals surface area contributed by atoms with Crippen LogP contribution in [0.3, 0.4) is 0 Å². The van der Waals surface area contributed by atoms with Gasteiger partial charge in [-0.1, -0.05) is 44.2 Å². The molecule has 0 radical (unpaired) electrons. The fraction of sp³-hybridized carbons (Fsp3) is 0.412. The highest BCUT2D eigenvalue weighted by molar-refractivity contribution is 5.25. The molecule has 1 aromatic heterocycles. The first-order chi connectivity index (χ1) is 9.86. The van der Waals surface area contributed by atoms with Crippen molar-refractivity contribution < 1.29 is 0 Å². The maximum absolute atomic E-state index is 4.17. The van der Waals surface area contributed by atoms with Gasteiger partial charge in [-0.15, -0.1) is 0 Å². The Morgan fingerprint density at radius 1 is 1.00 bits per heavy atom. The Morgan fingerprint density at radius 3 is 2.30 bits per heavy atom. The highest BCUT2D eigenvalue weighted by atomic mass is 14.9. The number of hydrogen-bond acceptors (Lipinski definition) is 3. The molecule has 1 N–H and O–H groups in total. The maximum atomic E-state index is 4.17. The first kappa shape index (κ1) is 14.7. The van der Waals surface area contributed by atoms with Gasteiger partial charge in [-0.2, -0.15) is 0 Å². The van der Waals surface area contributed by atoms with Gasteiger partial charge in [-0.3, -0.25) is 0 Å². The summed E-state index contributed by atoms with van der Waals surface area (Å²) in [5.41, 5.74) is 2.53. The van der Waals surface area contributed by atoms with Gasteiger partial charge in [-0.25, -0.2) is 9.97 Å². The average Bonchev–Trinajstić information content (AvgIpc) is 2.53. The van der Waals surface area contributed by atoms with Crippen molar-refractivity contribution >= 4 is 0 Å². The van der Waals surface area contributed by atoms with Crippen molar-refractivity contribution in [3.63, 3.8) is 0 Å². The molecule has 0 bridgehead atoms. The summed E-state index contributed by atoms with van der Waals surface area (Å²) in [5.74, 6) is 0.439. The van der Waals surface area contributed by atoms with Crippen LogP contribution in [0, 0.1) is 0 Å². The molecule has 3 nitrogen and oxygen atoms in total. The molecule has 2 atom stereocenters. The van der Waals surface area contributed by atoms with Crippen LogP contribution in [0.4, 0.5) is 0 Å². The fourth-order valence-corrected chi connectivity index (χ4v) is 2.63. The van der Waals surface area contributed by atoms with E-state index in [1.807, 2.05) is 12.4 Å². The van der Waals surface area contributed by atoms with E-state index >= 15 is 0 Å². The third kappa shape index (κ3) is 3.64. The highest BCUT2D eigenvalue weighted by Crippen LogP contribution is 2.33. The summed E-state index contributed by atoms with van der Waals surface area (Å²) >= 11 is 0. The van der Waals surface area contributed by atoms with E-state index in [0.29, 0.717) is 5.92 Å². The number of nitrogens with one attached hydrogen (secondary N) is 1. The number of nitrogens with zero attached hydrogens (tertiary/aromatic N) is 2. The van der Waals surface area contributed by atoms with Crippen molar-refractivity contribution in [3.8, 4) is 0 Å². The summed E-state index contributed by atoms with van der Waals surface area (Å²) in [6.07, 6.45) is 7.64. The van der Waals surface area contributed by atoms with E-state index in [1.165, 1.54) is 5.56 Å². The molecular formula is C17H23N3. The lowest BCUT2D eigenvalue weighted by molar-refractivity contribution is 0.433. The molecule has 0 aliphatic rings. The van der Waals surface area contributed by atoms with E-state index in [1.54, 1.807) is 6.33 Å². The van der Waals surface area contributed by atoms with Crippen molar-refractivity contribution in [2.75, 3.05) is 6.54 Å². The van der Waals surface area contributed by atoms with E-state index in [2.05, 4.69) is 59.5 Å². The summed E-state index contributed by atoms with van der Waals surface area (Å²) in [5, 5.41) is 3.66. The van der Waals surface area contributed by atoms with Crippen LogP contribution < -0.4 is 5.32 Å². The van der Waals surface area contributed by atoms with Gasteiger partial charge in [-0.05, 0) is 24.9 Å². The Balaban J connectivity index is 2.29. The van der Waals surface area contributed by atoms with E-state index in [-0.39, 0.29) is 6.04 Å². The standard InChI is InChI=1S/C17H23N3/c1-3-10-20-17(15-11-18-13-19-12-15)16(4-2)14-8-6-5-7-9-14/h5-9,11-13,16-17,20H,3-4,10H2,1-2H3.